The summed E-state index contributed by atoms with van der Waals surface area (Å²) in [6, 6.07) is 4.42. The van der Waals surface area contributed by atoms with Crippen LogP contribution in [0.4, 0.5) is 0 Å². The predicted molar refractivity (Wildman–Crippen MR) is 169 cm³/mol. The number of H-pyrrole nitrogens is 1. The van der Waals surface area contributed by atoms with Crippen LogP contribution in [-0.4, -0.2) is 99.8 Å². The number of piperidine rings is 1. The van der Waals surface area contributed by atoms with Gasteiger partial charge in [-0.2, -0.15) is 0 Å². The number of carbonyl (C=O) groups is 5. The second kappa shape index (κ2) is 16.1. The molecule has 1 aliphatic carbocycles. The van der Waals surface area contributed by atoms with Crippen molar-refractivity contribution in [3.63, 3.8) is 0 Å². The average Bonchev–Trinajstić information content (AvgIpc) is 3.54. The largest absolute Gasteiger partial charge is 0.391 e. The Kier molecular flexibility index (Phi) is 12.3. The molecule has 4 rings (SSSR count). The third-order valence-electron chi connectivity index (χ3n) is 8.65. The fraction of sp³-hybridized carbons (Fsp3) is 0.548. The van der Waals surface area contributed by atoms with Gasteiger partial charge in [0.1, 0.15) is 12.3 Å². The van der Waals surface area contributed by atoms with Gasteiger partial charge >= 0.3 is 0 Å². The molecule has 4 amide bonds. The summed E-state index contributed by atoms with van der Waals surface area (Å²) in [6.45, 7) is 2.99. The Bertz CT molecular complexity index is 1320. The van der Waals surface area contributed by atoms with E-state index in [2.05, 4.69) is 47.2 Å². The van der Waals surface area contributed by atoms with Gasteiger partial charge in [-0.05, 0) is 55.9 Å². The number of halogens is 1. The number of aliphatic hydroxyl groups is 1. The van der Waals surface area contributed by atoms with Crippen molar-refractivity contribution in [3.05, 3.63) is 52.5 Å². The molecule has 244 valence electrons. The number of fused-ring (bicyclic) bond motifs is 1. The summed E-state index contributed by atoms with van der Waals surface area (Å²) in [5, 5.41) is 21.3. The number of aliphatic hydroxyl groups excluding tert-OH is 1. The molecule has 0 unspecified atom stereocenters. The van der Waals surface area contributed by atoms with Crippen molar-refractivity contribution in [1.29, 1.82) is 0 Å². The Morgan fingerprint density at radius 3 is 2.56 bits per heavy atom. The number of aromatic nitrogens is 2. The maximum absolute atomic E-state index is 14.0. The van der Waals surface area contributed by atoms with E-state index in [9.17, 15) is 29.1 Å². The molecule has 45 heavy (non-hydrogen) atoms. The van der Waals surface area contributed by atoms with E-state index in [4.69, 9.17) is 0 Å². The maximum atomic E-state index is 14.0. The van der Waals surface area contributed by atoms with Gasteiger partial charge in [0.15, 0.2) is 0 Å². The Morgan fingerprint density at radius 2 is 1.91 bits per heavy atom. The van der Waals surface area contributed by atoms with Gasteiger partial charge in [-0.1, -0.05) is 28.8 Å². The van der Waals surface area contributed by atoms with Crippen LogP contribution in [0.25, 0.3) is 0 Å². The molecular weight excluding hydrogens is 646 g/mol. The first kappa shape index (κ1) is 34.3. The molecular formula is C31H42BrN7O6. The number of hydrogen-bond acceptors (Lipinski definition) is 8. The minimum atomic E-state index is -1.21. The Hall–Kier alpha value is -3.62. The van der Waals surface area contributed by atoms with Crippen molar-refractivity contribution in [2.45, 2.75) is 76.2 Å². The van der Waals surface area contributed by atoms with Crippen LogP contribution in [0.5, 0.6) is 0 Å². The number of nitrogens with one attached hydrogen (secondary N) is 5. The molecule has 1 aromatic heterocycles. The maximum Gasteiger partial charge on any atom is 0.254 e. The minimum Gasteiger partial charge on any atom is -0.391 e. The fourth-order valence-electron chi connectivity index (χ4n) is 6.45. The highest BCUT2D eigenvalue weighted by Crippen LogP contribution is 2.39. The Morgan fingerprint density at radius 1 is 1.18 bits per heavy atom. The number of aromatic amines is 1. The second-order valence-electron chi connectivity index (χ2n) is 11.9. The summed E-state index contributed by atoms with van der Waals surface area (Å²) < 4.78 is 0.847. The number of rotatable bonds is 13. The van der Waals surface area contributed by atoms with E-state index in [0.29, 0.717) is 18.5 Å². The highest BCUT2D eigenvalue weighted by Gasteiger charge is 2.46. The highest BCUT2D eigenvalue weighted by molar-refractivity contribution is 9.10. The van der Waals surface area contributed by atoms with Crippen molar-refractivity contribution in [3.8, 4) is 0 Å². The van der Waals surface area contributed by atoms with Crippen molar-refractivity contribution in [1.82, 2.24) is 36.1 Å². The second-order valence-corrected chi connectivity index (χ2v) is 12.8. The van der Waals surface area contributed by atoms with Gasteiger partial charge in [0.25, 0.3) is 5.91 Å². The first-order valence-corrected chi connectivity index (χ1v) is 16.1. The summed E-state index contributed by atoms with van der Waals surface area (Å²) in [4.78, 5) is 72.5. The first-order chi connectivity index (χ1) is 21.6. The lowest BCUT2D eigenvalue weighted by Gasteiger charge is -2.51. The lowest BCUT2D eigenvalue weighted by atomic mass is 9.69. The van der Waals surface area contributed by atoms with Crippen molar-refractivity contribution in [2.24, 2.45) is 11.8 Å². The minimum absolute atomic E-state index is 0.0889. The third kappa shape index (κ3) is 9.21. The molecule has 1 aromatic carbocycles. The zero-order valence-corrected chi connectivity index (χ0v) is 27.1. The van der Waals surface area contributed by atoms with Gasteiger partial charge < -0.3 is 41.1 Å². The van der Waals surface area contributed by atoms with Crippen molar-refractivity contribution < 1.29 is 29.1 Å². The fourth-order valence-corrected chi connectivity index (χ4v) is 6.71. The van der Waals surface area contributed by atoms with Gasteiger partial charge in [0.2, 0.25) is 17.7 Å². The van der Waals surface area contributed by atoms with Gasteiger partial charge in [0, 0.05) is 48.4 Å². The average molecular weight is 689 g/mol. The van der Waals surface area contributed by atoms with Crippen LogP contribution >= 0.6 is 15.9 Å². The zero-order valence-electron chi connectivity index (χ0n) is 25.5. The Labute approximate surface area is 270 Å². The number of benzene rings is 1. The number of amides is 4. The molecule has 1 saturated heterocycles. The summed E-state index contributed by atoms with van der Waals surface area (Å²) in [7, 11) is 0. The molecule has 1 saturated carbocycles. The van der Waals surface area contributed by atoms with E-state index < -0.39 is 48.0 Å². The van der Waals surface area contributed by atoms with Crippen molar-refractivity contribution in [2.75, 3.05) is 19.6 Å². The lowest BCUT2D eigenvalue weighted by Crippen LogP contribution is -2.67. The van der Waals surface area contributed by atoms with Gasteiger partial charge in [-0.25, -0.2) is 4.98 Å². The molecule has 1 aliphatic heterocycles. The van der Waals surface area contributed by atoms with Gasteiger partial charge in [-0.3, -0.25) is 19.2 Å². The van der Waals surface area contributed by atoms with E-state index in [1.807, 2.05) is 17.0 Å². The van der Waals surface area contributed by atoms with E-state index >= 15 is 0 Å². The molecule has 13 nitrogen and oxygen atoms in total. The number of carbonyl (C=O) groups excluding carboxylic acids is 5. The van der Waals surface area contributed by atoms with E-state index in [1.54, 1.807) is 24.7 Å². The van der Waals surface area contributed by atoms with E-state index in [1.165, 1.54) is 13.8 Å². The number of hydrogen-bond donors (Lipinski definition) is 6. The molecule has 0 bridgehead atoms. The van der Waals surface area contributed by atoms with E-state index in [0.717, 1.165) is 42.1 Å². The quantitative estimate of drug-likeness (QED) is 0.166. The lowest BCUT2D eigenvalue weighted by molar-refractivity contribution is -0.132. The Balaban J connectivity index is 1.57. The molecule has 6 N–H and O–H groups in total. The zero-order chi connectivity index (χ0) is 32.5. The van der Waals surface area contributed by atoms with Crippen LogP contribution in [0.1, 0.15) is 55.6 Å². The number of imidazole rings is 1. The molecule has 2 aliphatic rings. The highest BCUT2D eigenvalue weighted by atomic mass is 79.9. The van der Waals surface area contributed by atoms with Crippen LogP contribution < -0.4 is 21.3 Å². The van der Waals surface area contributed by atoms with Crippen LogP contribution in [0.15, 0.2) is 41.3 Å². The van der Waals surface area contributed by atoms with Crippen LogP contribution in [0, 0.1) is 11.8 Å². The van der Waals surface area contributed by atoms with Gasteiger partial charge in [-0.15, -0.1) is 0 Å². The van der Waals surface area contributed by atoms with Crippen LogP contribution in [0.3, 0.4) is 0 Å². The predicted octanol–water partition coefficient (Wildman–Crippen LogP) is 0.689. The summed E-state index contributed by atoms with van der Waals surface area (Å²) in [5.41, 5.74) is 1.30. The molecule has 2 fully saturated rings. The molecule has 14 heteroatoms. The first-order valence-electron chi connectivity index (χ1n) is 15.3. The van der Waals surface area contributed by atoms with E-state index in [-0.39, 0.29) is 30.8 Å². The van der Waals surface area contributed by atoms with Crippen LogP contribution in [0.2, 0.25) is 0 Å². The molecule has 0 radical (unpaired) electrons. The number of likely N-dealkylation sites (tertiary alicyclic amines) is 1. The topological polar surface area (TPSA) is 186 Å². The third-order valence-corrected chi connectivity index (χ3v) is 9.18. The normalized spacial score (nSPS) is 23.2. The summed E-state index contributed by atoms with van der Waals surface area (Å²) >= 11 is 3.42. The SMILES string of the molecule is CC(=O)N[C@H](C(=O)NCC(=O)N[C@@H]1[C@@H]2CCCC[C@@H]2CN(C(=O)c2ccc(Br)cc2)[C@@H]1CN[C@H](C=O)Cc1cnc[nH]1)[C@@H](C)O. The number of aldehydes is 1. The summed E-state index contributed by atoms with van der Waals surface area (Å²) in [5.74, 6) is -1.55. The van der Waals surface area contributed by atoms with Gasteiger partial charge in [0.05, 0.1) is 37.1 Å². The molecule has 2 aromatic rings. The standard InChI is InChI=1S/C31H42BrN7O6/c1-18(41)28(37-19(2)42)30(44)35-14-27(43)38-29-25-6-4-3-5-21(25)15-39(31(45)20-7-9-22(32)10-8-20)26(29)13-34-24(16-40)11-23-12-33-17-36-23/h7-10,12,16-18,21,24-26,28-29,34,41H,3-6,11,13-15H2,1-2H3,(H,33,36)(H,35,44)(H,37,42)(H,38,43)/t18-,21-,24+,25-,26-,28+,29-/m1/s1. The molecule has 2 heterocycles. The van der Waals surface area contributed by atoms with Crippen molar-refractivity contribution >= 4 is 45.8 Å². The smallest absolute Gasteiger partial charge is 0.254 e. The van der Waals surface area contributed by atoms with Crippen LogP contribution in [-0.2, 0) is 25.6 Å². The monoisotopic (exact) mass is 687 g/mol. The molecule has 7 atom stereocenters. The summed E-state index contributed by atoms with van der Waals surface area (Å²) in [6.07, 6.45) is 7.05. The molecule has 0 spiro atoms. The number of nitrogens with zero attached hydrogens (tertiary/aromatic N) is 2.